The number of benzene rings is 2. The van der Waals surface area contributed by atoms with Crippen LogP contribution in [-0.4, -0.2) is 33.4 Å². The van der Waals surface area contributed by atoms with Gasteiger partial charge in [0, 0.05) is 24.0 Å². The molecule has 1 aliphatic rings. The highest BCUT2D eigenvalue weighted by Gasteiger charge is 2.47. The van der Waals surface area contributed by atoms with Crippen molar-refractivity contribution < 1.29 is 9.59 Å². The first-order valence-corrected chi connectivity index (χ1v) is 11.6. The maximum absolute atomic E-state index is 13.7. The topological polar surface area (TPSA) is 54.3 Å². The van der Waals surface area contributed by atoms with Crippen molar-refractivity contribution in [3.63, 3.8) is 0 Å². The largest absolute Gasteiger partial charge is 0.354 e. The number of carbonyl (C=O) groups excluding carboxylic acids is 2. The molecule has 4 rings (SSSR count). The zero-order chi connectivity index (χ0) is 22.9. The van der Waals surface area contributed by atoms with Crippen molar-refractivity contribution in [1.29, 1.82) is 0 Å². The van der Waals surface area contributed by atoms with Crippen LogP contribution in [0.5, 0.6) is 0 Å². The van der Waals surface area contributed by atoms with Crippen LogP contribution in [-0.2, 0) is 24.3 Å². The van der Waals surface area contributed by atoms with Gasteiger partial charge < -0.3 is 14.8 Å². The van der Waals surface area contributed by atoms with Crippen molar-refractivity contribution in [3.05, 3.63) is 71.4 Å². The summed E-state index contributed by atoms with van der Waals surface area (Å²) in [6, 6.07) is 18.2. The number of amides is 2. The van der Waals surface area contributed by atoms with Crippen molar-refractivity contribution in [3.8, 4) is 0 Å². The molecule has 0 saturated heterocycles. The van der Waals surface area contributed by atoms with Gasteiger partial charge in [-0.2, -0.15) is 0 Å². The maximum atomic E-state index is 13.7. The van der Waals surface area contributed by atoms with E-state index in [0.29, 0.717) is 31.2 Å². The summed E-state index contributed by atoms with van der Waals surface area (Å²) in [5, 5.41) is 4.12. The van der Waals surface area contributed by atoms with E-state index >= 15 is 0 Å². The normalized spacial score (nSPS) is 18.3. The number of fused-ring (bicyclic) bond motifs is 3. The first-order valence-electron chi connectivity index (χ1n) is 11.6. The number of carbonyl (C=O) groups is 2. The molecule has 5 heteroatoms. The van der Waals surface area contributed by atoms with Gasteiger partial charge in [-0.05, 0) is 48.9 Å². The molecule has 0 bridgehead atoms. The number of para-hydroxylation sites is 1. The van der Waals surface area contributed by atoms with Crippen LogP contribution in [0.4, 0.5) is 0 Å². The third kappa shape index (κ3) is 4.04. The Balaban J connectivity index is 1.72. The molecule has 5 nitrogen and oxygen atoms in total. The lowest BCUT2D eigenvalue weighted by Crippen LogP contribution is -2.63. The van der Waals surface area contributed by atoms with Crippen molar-refractivity contribution in [2.75, 3.05) is 6.54 Å². The Hall–Kier alpha value is -3.08. The molecular weight excluding hydrogens is 398 g/mol. The van der Waals surface area contributed by atoms with Crippen LogP contribution < -0.4 is 5.32 Å². The first-order chi connectivity index (χ1) is 15.3. The Bertz CT molecular complexity index is 1130. The average Bonchev–Trinajstić information content (AvgIpc) is 3.15. The van der Waals surface area contributed by atoms with Crippen LogP contribution >= 0.6 is 0 Å². The summed E-state index contributed by atoms with van der Waals surface area (Å²) in [5.74, 6) is 0.304. The van der Waals surface area contributed by atoms with Crippen LogP contribution in [0, 0.1) is 5.92 Å². The number of hydrogen-bond acceptors (Lipinski definition) is 2. The molecule has 2 heterocycles. The molecule has 1 aromatic heterocycles. The predicted molar refractivity (Wildman–Crippen MR) is 129 cm³/mol. The zero-order valence-corrected chi connectivity index (χ0v) is 19.5. The summed E-state index contributed by atoms with van der Waals surface area (Å²) in [6.07, 6.45) is 1.88. The van der Waals surface area contributed by atoms with Gasteiger partial charge >= 0.3 is 0 Å². The minimum atomic E-state index is -0.980. The Morgan fingerprint density at radius 3 is 2.47 bits per heavy atom. The second-order valence-corrected chi connectivity index (χ2v) is 9.45. The lowest BCUT2D eigenvalue weighted by Gasteiger charge is -2.44. The van der Waals surface area contributed by atoms with Crippen LogP contribution in [0.15, 0.2) is 54.6 Å². The smallest absolute Gasteiger partial charge is 0.271 e. The number of nitrogens with one attached hydrogen (secondary N) is 1. The molecule has 0 saturated carbocycles. The lowest BCUT2D eigenvalue weighted by molar-refractivity contribution is -0.133. The molecule has 3 aromatic rings. The van der Waals surface area contributed by atoms with Gasteiger partial charge in [-0.3, -0.25) is 9.59 Å². The van der Waals surface area contributed by atoms with Crippen LogP contribution in [0.1, 0.15) is 55.7 Å². The van der Waals surface area contributed by atoms with Gasteiger partial charge in [-0.1, -0.05) is 63.2 Å². The van der Waals surface area contributed by atoms with E-state index in [0.717, 1.165) is 29.3 Å². The minimum Gasteiger partial charge on any atom is -0.354 e. The van der Waals surface area contributed by atoms with Crippen LogP contribution in [0.3, 0.4) is 0 Å². The summed E-state index contributed by atoms with van der Waals surface area (Å²) in [6.45, 7) is 9.75. The summed E-state index contributed by atoms with van der Waals surface area (Å²) in [5.41, 5.74) is 2.94. The second-order valence-electron chi connectivity index (χ2n) is 9.45. The van der Waals surface area contributed by atoms with E-state index in [2.05, 4.69) is 50.4 Å². The maximum Gasteiger partial charge on any atom is 0.271 e. The van der Waals surface area contributed by atoms with E-state index in [1.165, 1.54) is 5.56 Å². The number of hydrogen-bond donors (Lipinski definition) is 1. The zero-order valence-electron chi connectivity index (χ0n) is 19.5. The van der Waals surface area contributed by atoms with Gasteiger partial charge in [0.05, 0.1) is 6.54 Å². The summed E-state index contributed by atoms with van der Waals surface area (Å²) >= 11 is 0. The molecular formula is C27H33N3O2. The fourth-order valence-electron chi connectivity index (χ4n) is 4.48. The highest BCUT2D eigenvalue weighted by atomic mass is 16.2. The molecule has 0 fully saturated rings. The minimum absolute atomic E-state index is 0.0971. The van der Waals surface area contributed by atoms with Crippen molar-refractivity contribution in [1.82, 2.24) is 14.8 Å². The predicted octanol–water partition coefficient (Wildman–Crippen LogP) is 4.78. The molecule has 1 N–H and O–H groups in total. The van der Waals surface area contributed by atoms with Gasteiger partial charge in [0.15, 0.2) is 0 Å². The highest BCUT2D eigenvalue weighted by Crippen LogP contribution is 2.33. The molecule has 2 amide bonds. The van der Waals surface area contributed by atoms with Gasteiger partial charge in [-0.25, -0.2) is 0 Å². The van der Waals surface area contributed by atoms with E-state index in [4.69, 9.17) is 0 Å². The first kappa shape index (κ1) is 22.1. The number of aryl methyl sites for hydroxylation is 1. The van der Waals surface area contributed by atoms with Crippen molar-refractivity contribution >= 4 is 22.7 Å². The second kappa shape index (κ2) is 8.81. The Kier molecular flexibility index (Phi) is 6.09. The van der Waals surface area contributed by atoms with Gasteiger partial charge in [0.25, 0.3) is 5.91 Å². The molecule has 1 atom stereocenters. The standard InChI is InChI=1S/C27H33N3O2/c1-5-20-10-12-21(13-11-20)17-30-25(31)24-16-22-8-6-7-9-23(22)29(24)18-27(30,4)26(32)28-15-14-19(2)3/h6-13,16,19H,5,14-15,17-18H2,1-4H3,(H,28,32). The molecule has 1 aliphatic heterocycles. The van der Waals surface area contributed by atoms with Crippen molar-refractivity contribution in [2.24, 2.45) is 5.92 Å². The van der Waals surface area contributed by atoms with Gasteiger partial charge in [-0.15, -0.1) is 0 Å². The number of aromatic nitrogens is 1. The molecule has 1 unspecified atom stereocenters. The van der Waals surface area contributed by atoms with E-state index in [1.54, 1.807) is 4.90 Å². The molecule has 0 aliphatic carbocycles. The number of nitrogens with zero attached hydrogens (tertiary/aromatic N) is 2. The van der Waals surface area contributed by atoms with E-state index < -0.39 is 5.54 Å². The third-order valence-corrected chi connectivity index (χ3v) is 6.60. The Morgan fingerprint density at radius 2 is 1.78 bits per heavy atom. The summed E-state index contributed by atoms with van der Waals surface area (Å²) in [7, 11) is 0. The molecule has 0 radical (unpaired) electrons. The number of rotatable bonds is 7. The van der Waals surface area contributed by atoms with Crippen LogP contribution in [0.2, 0.25) is 0 Å². The van der Waals surface area contributed by atoms with Crippen molar-refractivity contribution in [2.45, 2.75) is 59.2 Å². The summed E-state index contributed by atoms with van der Waals surface area (Å²) < 4.78 is 2.01. The molecule has 168 valence electrons. The SMILES string of the molecule is CCc1ccc(CN2C(=O)c3cc4ccccc4n3CC2(C)C(=O)NCCC(C)C)cc1. The highest BCUT2D eigenvalue weighted by molar-refractivity contribution is 6.03. The Labute approximate surface area is 190 Å². The Morgan fingerprint density at radius 1 is 1.09 bits per heavy atom. The quantitative estimate of drug-likeness (QED) is 0.585. The van der Waals surface area contributed by atoms with E-state index in [1.807, 2.05) is 41.8 Å². The molecule has 2 aromatic carbocycles. The molecule has 32 heavy (non-hydrogen) atoms. The van der Waals surface area contributed by atoms with Gasteiger partial charge in [0.1, 0.15) is 11.2 Å². The molecule has 0 spiro atoms. The average molecular weight is 432 g/mol. The van der Waals surface area contributed by atoms with E-state index in [-0.39, 0.29) is 11.8 Å². The monoisotopic (exact) mass is 431 g/mol. The fourth-order valence-corrected chi connectivity index (χ4v) is 4.48. The lowest BCUT2D eigenvalue weighted by atomic mass is 9.93. The van der Waals surface area contributed by atoms with Gasteiger partial charge in [0.2, 0.25) is 5.91 Å². The fraction of sp³-hybridized carbons (Fsp3) is 0.407. The van der Waals surface area contributed by atoms with Crippen LogP contribution in [0.25, 0.3) is 10.9 Å². The van der Waals surface area contributed by atoms with E-state index in [9.17, 15) is 9.59 Å². The third-order valence-electron chi connectivity index (χ3n) is 6.60. The summed E-state index contributed by atoms with van der Waals surface area (Å²) in [4.78, 5) is 29.0.